The van der Waals surface area contributed by atoms with Crippen LogP contribution in [0.5, 0.6) is 0 Å². The van der Waals surface area contributed by atoms with E-state index in [9.17, 15) is 4.79 Å². The summed E-state index contributed by atoms with van der Waals surface area (Å²) >= 11 is 0. The quantitative estimate of drug-likeness (QED) is 0.803. The van der Waals surface area contributed by atoms with Gasteiger partial charge in [0.2, 0.25) is 0 Å². The Hall–Kier alpha value is -1.51. The summed E-state index contributed by atoms with van der Waals surface area (Å²) in [6.07, 6.45) is 3.71. The highest BCUT2D eigenvalue weighted by Crippen LogP contribution is 2.67. The number of amides is 1. The molecular weight excluding hydrogens is 260 g/mol. The number of carbonyl (C=O) groups excluding carboxylic acids is 1. The molecule has 0 saturated heterocycles. The summed E-state index contributed by atoms with van der Waals surface area (Å²) in [6.45, 7) is 7.88. The first-order chi connectivity index (χ1) is 9.86. The van der Waals surface area contributed by atoms with Crippen LogP contribution >= 0.6 is 0 Å². The SMILES string of the molecule is CC1(C)[C@@H]2CCC1(C)[C@H](N1Cc3c(N)cccc3C1=O)C2. The van der Waals surface area contributed by atoms with E-state index in [1.807, 2.05) is 18.2 Å². The van der Waals surface area contributed by atoms with Gasteiger partial charge in [-0.25, -0.2) is 0 Å². The molecule has 2 saturated carbocycles. The molecule has 3 nitrogen and oxygen atoms in total. The highest BCUT2D eigenvalue weighted by Gasteiger charge is 2.63. The van der Waals surface area contributed by atoms with Gasteiger partial charge in [-0.15, -0.1) is 0 Å². The molecule has 0 aromatic heterocycles. The number of nitrogens with zero attached hydrogens (tertiary/aromatic N) is 1. The third-order valence-electron chi connectivity index (χ3n) is 7.16. The molecule has 112 valence electrons. The first-order valence-corrected chi connectivity index (χ1v) is 8.04. The molecule has 2 bridgehead atoms. The van der Waals surface area contributed by atoms with E-state index in [1.165, 1.54) is 12.8 Å². The summed E-state index contributed by atoms with van der Waals surface area (Å²) in [6, 6.07) is 6.09. The van der Waals surface area contributed by atoms with Gasteiger partial charge in [-0.05, 0) is 48.1 Å². The maximum absolute atomic E-state index is 12.8. The molecule has 0 radical (unpaired) electrons. The molecule has 1 heterocycles. The summed E-state index contributed by atoms with van der Waals surface area (Å²) < 4.78 is 0. The van der Waals surface area contributed by atoms with Gasteiger partial charge >= 0.3 is 0 Å². The van der Waals surface area contributed by atoms with E-state index in [-0.39, 0.29) is 11.3 Å². The number of hydrogen-bond donors (Lipinski definition) is 1. The molecule has 1 aromatic carbocycles. The van der Waals surface area contributed by atoms with Crippen LogP contribution in [-0.4, -0.2) is 16.8 Å². The number of nitrogens with two attached hydrogens (primary N) is 1. The Kier molecular flexibility index (Phi) is 2.40. The monoisotopic (exact) mass is 284 g/mol. The number of fused-ring (bicyclic) bond motifs is 3. The lowest BCUT2D eigenvalue weighted by atomic mass is 9.69. The second kappa shape index (κ2) is 3.82. The van der Waals surface area contributed by atoms with E-state index in [1.54, 1.807) is 0 Å². The van der Waals surface area contributed by atoms with Gasteiger partial charge < -0.3 is 10.6 Å². The molecule has 1 unspecified atom stereocenters. The Bertz CT molecular complexity index is 636. The van der Waals surface area contributed by atoms with Crippen LogP contribution in [0.3, 0.4) is 0 Å². The molecule has 4 rings (SSSR count). The Labute approximate surface area is 126 Å². The Balaban J connectivity index is 1.72. The van der Waals surface area contributed by atoms with Crippen LogP contribution in [0.1, 0.15) is 56.0 Å². The summed E-state index contributed by atoms with van der Waals surface area (Å²) in [5.74, 6) is 0.938. The van der Waals surface area contributed by atoms with Gasteiger partial charge in [0.25, 0.3) is 5.91 Å². The van der Waals surface area contributed by atoms with Crippen molar-refractivity contribution in [2.75, 3.05) is 5.73 Å². The van der Waals surface area contributed by atoms with Crippen LogP contribution in [-0.2, 0) is 6.54 Å². The lowest BCUT2D eigenvalue weighted by Gasteiger charge is -2.43. The van der Waals surface area contributed by atoms with Crippen molar-refractivity contribution in [3.8, 4) is 0 Å². The van der Waals surface area contributed by atoms with E-state index >= 15 is 0 Å². The maximum Gasteiger partial charge on any atom is 0.254 e. The smallest absolute Gasteiger partial charge is 0.254 e. The van der Waals surface area contributed by atoms with Crippen molar-refractivity contribution in [3.63, 3.8) is 0 Å². The molecule has 3 heteroatoms. The zero-order valence-corrected chi connectivity index (χ0v) is 13.1. The van der Waals surface area contributed by atoms with Crippen molar-refractivity contribution in [2.24, 2.45) is 16.7 Å². The topological polar surface area (TPSA) is 46.3 Å². The average Bonchev–Trinajstić information content (AvgIpc) is 2.95. The third kappa shape index (κ3) is 1.42. The van der Waals surface area contributed by atoms with Crippen molar-refractivity contribution < 1.29 is 4.79 Å². The van der Waals surface area contributed by atoms with Gasteiger partial charge in [0.15, 0.2) is 0 Å². The Morgan fingerprint density at radius 3 is 2.62 bits per heavy atom. The molecule has 3 aliphatic rings. The zero-order chi connectivity index (χ0) is 15.0. The minimum atomic E-state index is 0.187. The molecule has 2 fully saturated rings. The van der Waals surface area contributed by atoms with E-state index in [2.05, 4.69) is 25.7 Å². The van der Waals surface area contributed by atoms with Crippen LogP contribution in [0.15, 0.2) is 18.2 Å². The van der Waals surface area contributed by atoms with E-state index < -0.39 is 0 Å². The largest absolute Gasteiger partial charge is 0.398 e. The molecule has 2 aliphatic carbocycles. The molecule has 1 aromatic rings. The summed E-state index contributed by atoms with van der Waals surface area (Å²) in [5, 5.41) is 0. The fourth-order valence-corrected chi connectivity index (χ4v) is 5.26. The number of nitrogen functional groups attached to an aromatic ring is 1. The molecule has 21 heavy (non-hydrogen) atoms. The lowest BCUT2D eigenvalue weighted by molar-refractivity contribution is 0.0341. The summed E-state index contributed by atoms with van der Waals surface area (Å²) in [4.78, 5) is 14.9. The molecule has 1 amide bonds. The zero-order valence-electron chi connectivity index (χ0n) is 13.1. The third-order valence-corrected chi connectivity index (χ3v) is 7.16. The fourth-order valence-electron chi connectivity index (χ4n) is 5.26. The minimum absolute atomic E-state index is 0.187. The number of benzene rings is 1. The van der Waals surface area contributed by atoms with E-state index in [4.69, 9.17) is 5.73 Å². The van der Waals surface area contributed by atoms with Crippen molar-refractivity contribution in [1.29, 1.82) is 0 Å². The highest BCUT2D eigenvalue weighted by atomic mass is 16.2. The second-order valence-corrected chi connectivity index (χ2v) is 7.93. The molecule has 3 atom stereocenters. The van der Waals surface area contributed by atoms with E-state index in [0.29, 0.717) is 18.0 Å². The number of rotatable bonds is 1. The van der Waals surface area contributed by atoms with Crippen LogP contribution in [0.4, 0.5) is 5.69 Å². The van der Waals surface area contributed by atoms with Gasteiger partial charge in [-0.3, -0.25) is 4.79 Å². The summed E-state index contributed by atoms with van der Waals surface area (Å²) in [5.41, 5.74) is 9.26. The molecule has 1 aliphatic heterocycles. The van der Waals surface area contributed by atoms with Crippen LogP contribution in [0.2, 0.25) is 0 Å². The second-order valence-electron chi connectivity index (χ2n) is 7.93. The van der Waals surface area contributed by atoms with Gasteiger partial charge in [0, 0.05) is 29.4 Å². The maximum atomic E-state index is 12.8. The number of hydrogen-bond acceptors (Lipinski definition) is 2. The molecule has 0 spiro atoms. The number of anilines is 1. The normalized spacial score (nSPS) is 36.3. The lowest BCUT2D eigenvalue weighted by Crippen LogP contribution is -2.47. The van der Waals surface area contributed by atoms with Crippen molar-refractivity contribution in [2.45, 2.75) is 52.6 Å². The number of carbonyl (C=O) groups is 1. The van der Waals surface area contributed by atoms with Crippen molar-refractivity contribution >= 4 is 11.6 Å². The van der Waals surface area contributed by atoms with Gasteiger partial charge in [0.1, 0.15) is 0 Å². The Morgan fingerprint density at radius 2 is 2.05 bits per heavy atom. The van der Waals surface area contributed by atoms with Gasteiger partial charge in [0.05, 0.1) is 0 Å². The van der Waals surface area contributed by atoms with Gasteiger partial charge in [-0.2, -0.15) is 0 Å². The van der Waals surface area contributed by atoms with Crippen LogP contribution < -0.4 is 5.73 Å². The van der Waals surface area contributed by atoms with E-state index in [0.717, 1.165) is 29.2 Å². The highest BCUT2D eigenvalue weighted by molar-refractivity contribution is 6.00. The van der Waals surface area contributed by atoms with Gasteiger partial charge in [-0.1, -0.05) is 26.8 Å². The molecular formula is C18H24N2O. The standard InChI is InChI=1S/C18H24N2O/c1-17(2)11-7-8-18(17,3)15(9-11)20-10-13-12(16(20)21)5-4-6-14(13)19/h4-6,11,15H,7-10,19H2,1-3H3/t11-,15-,18?/m1/s1. The average molecular weight is 284 g/mol. The first-order valence-electron chi connectivity index (χ1n) is 8.04. The molecule has 2 N–H and O–H groups in total. The van der Waals surface area contributed by atoms with Crippen LogP contribution in [0.25, 0.3) is 0 Å². The first kappa shape index (κ1) is 13.2. The predicted octanol–water partition coefficient (Wildman–Crippen LogP) is 3.44. The predicted molar refractivity (Wildman–Crippen MR) is 83.7 cm³/mol. The fraction of sp³-hybridized carbons (Fsp3) is 0.611. The Morgan fingerprint density at radius 1 is 1.29 bits per heavy atom. The van der Waals surface area contributed by atoms with Crippen molar-refractivity contribution in [3.05, 3.63) is 29.3 Å². The van der Waals surface area contributed by atoms with Crippen molar-refractivity contribution in [1.82, 2.24) is 4.90 Å². The van der Waals surface area contributed by atoms with Crippen LogP contribution in [0, 0.1) is 16.7 Å². The summed E-state index contributed by atoms with van der Waals surface area (Å²) in [7, 11) is 0. The minimum Gasteiger partial charge on any atom is -0.398 e.